The van der Waals surface area contributed by atoms with Crippen LogP contribution in [0.25, 0.3) is 149 Å². The molecule has 5 heterocycles. The van der Waals surface area contributed by atoms with Crippen molar-refractivity contribution >= 4 is 109 Å². The van der Waals surface area contributed by atoms with E-state index in [0.717, 1.165) is 126 Å². The van der Waals surface area contributed by atoms with Crippen LogP contribution in [0.3, 0.4) is 0 Å². The van der Waals surface area contributed by atoms with E-state index < -0.39 is 0 Å². The molecule has 0 fully saturated rings. The number of rotatable bonds is 4. The lowest BCUT2D eigenvalue weighted by Gasteiger charge is -2.13. The number of para-hydroxylation sites is 3. The number of hydrogen-bond donors (Lipinski definition) is 0. The maximum atomic E-state index is 6.48. The highest BCUT2D eigenvalue weighted by molar-refractivity contribution is 6.21. The minimum atomic E-state index is 0.493. The van der Waals surface area contributed by atoms with Gasteiger partial charge >= 0.3 is 0 Å². The molecule has 0 radical (unpaired) electrons. The van der Waals surface area contributed by atoms with E-state index in [0.29, 0.717) is 17.6 Å². The largest absolute Gasteiger partial charge is 0.456 e. The van der Waals surface area contributed by atoms with Crippen molar-refractivity contribution in [2.24, 2.45) is 0 Å². The molecule has 0 aliphatic carbocycles. The summed E-state index contributed by atoms with van der Waals surface area (Å²) in [7, 11) is 0. The van der Waals surface area contributed by atoms with Crippen molar-refractivity contribution in [1.29, 1.82) is 0 Å². The third-order valence-electron chi connectivity index (χ3n) is 13.4. The van der Waals surface area contributed by atoms with Crippen molar-refractivity contribution in [3.63, 3.8) is 0 Å². The van der Waals surface area contributed by atoms with Crippen LogP contribution in [0.5, 0.6) is 0 Å². The molecule has 7 heteroatoms. The molecule has 0 saturated carbocycles. The van der Waals surface area contributed by atoms with E-state index in [1.807, 2.05) is 48.5 Å². The Hall–Kier alpha value is -9.07. The zero-order valence-corrected chi connectivity index (χ0v) is 35.0. The summed E-state index contributed by atoms with van der Waals surface area (Å²) < 4.78 is 21.5. The van der Waals surface area contributed by atoms with Crippen LogP contribution in [0.15, 0.2) is 207 Å². The second-order valence-electron chi connectivity index (χ2n) is 17.1. The highest BCUT2D eigenvalue weighted by Gasteiger charge is 2.23. The molecule has 0 saturated heterocycles. The molecule has 0 aliphatic rings. The van der Waals surface area contributed by atoms with Crippen LogP contribution in [0.4, 0.5) is 0 Å². The standard InChI is InChI=1S/C59H32N4O3/c1-2-12-35-30-48-46(28-34(35)11-1)45-17-9-16-40(36-23-26-51-47(29-36)55-39-13-4-3-10-33(39)22-27-52(55)64-51)56(45)63(48)59-61-57(37-20-24-43-41-14-5-7-18-49(41)65-53(43)31-37)60-58(62-59)38-21-25-44-42-15-6-8-19-50(42)66-54(44)32-38/h1-32H. The Morgan fingerprint density at radius 2 is 0.864 bits per heavy atom. The van der Waals surface area contributed by atoms with E-state index in [4.69, 9.17) is 28.2 Å². The molecule has 10 aromatic carbocycles. The van der Waals surface area contributed by atoms with E-state index in [-0.39, 0.29) is 0 Å². The molecule has 5 aromatic heterocycles. The van der Waals surface area contributed by atoms with Gasteiger partial charge in [-0.25, -0.2) is 4.98 Å². The van der Waals surface area contributed by atoms with Gasteiger partial charge in [-0.15, -0.1) is 0 Å². The Morgan fingerprint density at radius 1 is 0.318 bits per heavy atom. The van der Waals surface area contributed by atoms with E-state index >= 15 is 0 Å². The first-order chi connectivity index (χ1) is 32.7. The lowest BCUT2D eigenvalue weighted by atomic mass is 9.98. The van der Waals surface area contributed by atoms with Gasteiger partial charge in [0.1, 0.15) is 33.5 Å². The number of nitrogens with zero attached hydrogens (tertiary/aromatic N) is 4. The van der Waals surface area contributed by atoms with Gasteiger partial charge in [-0.1, -0.05) is 127 Å². The van der Waals surface area contributed by atoms with E-state index in [1.54, 1.807) is 0 Å². The maximum absolute atomic E-state index is 6.48. The molecule has 0 atom stereocenters. The van der Waals surface area contributed by atoms with Crippen molar-refractivity contribution in [2.75, 3.05) is 0 Å². The van der Waals surface area contributed by atoms with E-state index in [9.17, 15) is 0 Å². The fraction of sp³-hybridized carbons (Fsp3) is 0. The van der Waals surface area contributed by atoms with Crippen LogP contribution >= 0.6 is 0 Å². The molecule has 306 valence electrons. The van der Waals surface area contributed by atoms with E-state index in [1.165, 1.54) is 5.39 Å². The van der Waals surface area contributed by atoms with Crippen molar-refractivity contribution in [3.05, 3.63) is 194 Å². The summed E-state index contributed by atoms with van der Waals surface area (Å²) in [6.07, 6.45) is 0. The van der Waals surface area contributed by atoms with Gasteiger partial charge in [0.25, 0.3) is 0 Å². The van der Waals surface area contributed by atoms with Crippen molar-refractivity contribution in [1.82, 2.24) is 19.5 Å². The van der Waals surface area contributed by atoms with Crippen LogP contribution in [0.1, 0.15) is 0 Å². The van der Waals surface area contributed by atoms with Crippen LogP contribution in [-0.4, -0.2) is 19.5 Å². The Morgan fingerprint density at radius 3 is 1.58 bits per heavy atom. The van der Waals surface area contributed by atoms with Crippen molar-refractivity contribution < 1.29 is 13.3 Å². The minimum Gasteiger partial charge on any atom is -0.456 e. The predicted octanol–water partition coefficient (Wildman–Crippen LogP) is 16.0. The third kappa shape index (κ3) is 5.10. The summed E-state index contributed by atoms with van der Waals surface area (Å²) in [5.41, 5.74) is 10.6. The second kappa shape index (κ2) is 13.2. The third-order valence-corrected chi connectivity index (χ3v) is 13.4. The Balaban J connectivity index is 1.03. The first-order valence-corrected chi connectivity index (χ1v) is 22.1. The van der Waals surface area contributed by atoms with Crippen LogP contribution in [-0.2, 0) is 0 Å². The van der Waals surface area contributed by atoms with Crippen LogP contribution < -0.4 is 0 Å². The fourth-order valence-electron chi connectivity index (χ4n) is 10.4. The van der Waals surface area contributed by atoms with Crippen LogP contribution in [0, 0.1) is 0 Å². The monoisotopic (exact) mass is 844 g/mol. The molecule has 66 heavy (non-hydrogen) atoms. The number of furan rings is 3. The zero-order chi connectivity index (χ0) is 43.0. The molecule has 0 bridgehead atoms. The molecule has 0 aliphatic heterocycles. The second-order valence-corrected chi connectivity index (χ2v) is 17.1. The van der Waals surface area contributed by atoms with Crippen LogP contribution in [0.2, 0.25) is 0 Å². The van der Waals surface area contributed by atoms with Gasteiger partial charge in [-0.2, -0.15) is 9.97 Å². The molecule has 0 N–H and O–H groups in total. The molecule has 0 spiro atoms. The minimum absolute atomic E-state index is 0.493. The topological polar surface area (TPSA) is 83.0 Å². The molecule has 7 nitrogen and oxygen atoms in total. The average Bonchev–Trinajstić information content (AvgIpc) is 4.13. The van der Waals surface area contributed by atoms with Gasteiger partial charge < -0.3 is 13.3 Å². The number of hydrogen-bond acceptors (Lipinski definition) is 6. The molecular weight excluding hydrogens is 813 g/mol. The lowest BCUT2D eigenvalue weighted by Crippen LogP contribution is -2.07. The lowest BCUT2D eigenvalue weighted by molar-refractivity contribution is 0.668. The van der Waals surface area contributed by atoms with Gasteiger partial charge in [0, 0.05) is 59.8 Å². The summed E-state index contributed by atoms with van der Waals surface area (Å²) >= 11 is 0. The predicted molar refractivity (Wildman–Crippen MR) is 267 cm³/mol. The summed E-state index contributed by atoms with van der Waals surface area (Å²) in [4.78, 5) is 16.1. The summed E-state index contributed by atoms with van der Waals surface area (Å²) in [6, 6.07) is 67.6. The highest BCUT2D eigenvalue weighted by Crippen LogP contribution is 2.43. The number of fused-ring (bicyclic) bond motifs is 15. The van der Waals surface area contributed by atoms with Crippen molar-refractivity contribution in [2.45, 2.75) is 0 Å². The zero-order valence-electron chi connectivity index (χ0n) is 35.0. The average molecular weight is 845 g/mol. The molecular formula is C59H32N4O3. The van der Waals surface area contributed by atoms with E-state index in [2.05, 4.69) is 150 Å². The summed E-state index contributed by atoms with van der Waals surface area (Å²) in [5, 5.41) is 13.2. The fourth-order valence-corrected chi connectivity index (χ4v) is 10.4. The molecule has 0 unspecified atom stereocenters. The van der Waals surface area contributed by atoms with Gasteiger partial charge in [0.2, 0.25) is 5.95 Å². The molecule has 0 amide bonds. The van der Waals surface area contributed by atoms with Gasteiger partial charge in [-0.05, 0) is 93.8 Å². The first kappa shape index (κ1) is 35.4. The Bertz CT molecular complexity index is 4420. The first-order valence-electron chi connectivity index (χ1n) is 22.1. The molecule has 15 aromatic rings. The smallest absolute Gasteiger partial charge is 0.238 e. The Labute approximate surface area is 374 Å². The normalized spacial score (nSPS) is 12.2. The quantitative estimate of drug-likeness (QED) is 0.175. The molecule has 15 rings (SSSR count). The van der Waals surface area contributed by atoms with Crippen molar-refractivity contribution in [3.8, 4) is 39.9 Å². The van der Waals surface area contributed by atoms with Gasteiger partial charge in [0.15, 0.2) is 11.6 Å². The van der Waals surface area contributed by atoms with Gasteiger partial charge in [-0.3, -0.25) is 4.57 Å². The SMILES string of the molecule is c1ccc2cc3c(cc2c1)c1cccc(-c2ccc4oc5ccc6ccccc6c5c4c2)c1n3-c1nc(-c2ccc3c(c2)oc2ccccc23)nc(-c2ccc3c(c2)oc2ccccc23)n1. The maximum Gasteiger partial charge on any atom is 0.238 e. The summed E-state index contributed by atoms with van der Waals surface area (Å²) in [5.74, 6) is 1.54. The number of benzene rings is 10. The highest BCUT2D eigenvalue weighted by atomic mass is 16.3. The van der Waals surface area contributed by atoms with Gasteiger partial charge in [0.05, 0.1) is 11.0 Å². The number of aromatic nitrogens is 4. The Kier molecular flexibility index (Phi) is 7.10. The summed E-state index contributed by atoms with van der Waals surface area (Å²) in [6.45, 7) is 0.